The van der Waals surface area contributed by atoms with Crippen LogP contribution in [0.15, 0.2) is 18.2 Å². The molecule has 2 heterocycles. The van der Waals surface area contributed by atoms with Gasteiger partial charge in [0.25, 0.3) is 0 Å². The number of fused-ring (bicyclic) bond motifs is 1. The number of rotatable bonds is 2. The molecule has 1 aromatic rings. The van der Waals surface area contributed by atoms with Crippen molar-refractivity contribution < 1.29 is 14.3 Å². The summed E-state index contributed by atoms with van der Waals surface area (Å²) in [5, 5.41) is 3.14. The van der Waals surface area contributed by atoms with E-state index >= 15 is 0 Å². The van der Waals surface area contributed by atoms with Crippen LogP contribution in [0.3, 0.4) is 0 Å². The summed E-state index contributed by atoms with van der Waals surface area (Å²) in [6.45, 7) is 1.34. The molecule has 2 bridgehead atoms. The molecule has 1 N–H and O–H groups in total. The lowest BCUT2D eigenvalue weighted by molar-refractivity contribution is -0.121. The predicted molar refractivity (Wildman–Crippen MR) is 107 cm³/mol. The van der Waals surface area contributed by atoms with Gasteiger partial charge in [-0.25, -0.2) is 0 Å². The zero-order valence-corrected chi connectivity index (χ0v) is 16.5. The van der Waals surface area contributed by atoms with E-state index < -0.39 is 0 Å². The molecule has 0 aromatic heterocycles. The number of anilines is 1. The molecule has 1 aromatic carbocycles. The van der Waals surface area contributed by atoms with E-state index in [1.807, 2.05) is 18.2 Å². The number of carbonyl (C=O) groups is 1. The van der Waals surface area contributed by atoms with Gasteiger partial charge in [0, 0.05) is 35.6 Å². The van der Waals surface area contributed by atoms with E-state index in [-0.39, 0.29) is 11.8 Å². The van der Waals surface area contributed by atoms with Gasteiger partial charge in [-0.05, 0) is 49.7 Å². The molecule has 2 aliphatic carbocycles. The second kappa shape index (κ2) is 6.86. The molecule has 2 unspecified atom stereocenters. The normalized spacial score (nSPS) is 31.6. The minimum atomic E-state index is 0.149. The SMILES string of the molecule is O=C(Nc1ccc2c(c1)OCCCO2)C1CC2CCC(C1)C21SCCS1. The van der Waals surface area contributed by atoms with Crippen molar-refractivity contribution in [3.8, 4) is 11.5 Å². The summed E-state index contributed by atoms with van der Waals surface area (Å²) in [6, 6.07) is 5.73. The molecule has 140 valence electrons. The van der Waals surface area contributed by atoms with Crippen LogP contribution in [0.5, 0.6) is 11.5 Å². The lowest BCUT2D eigenvalue weighted by Crippen LogP contribution is -2.41. The first-order valence-electron chi connectivity index (χ1n) is 9.73. The van der Waals surface area contributed by atoms with Gasteiger partial charge in [-0.3, -0.25) is 4.79 Å². The third-order valence-electron chi connectivity index (χ3n) is 6.26. The van der Waals surface area contributed by atoms with Crippen molar-refractivity contribution in [2.24, 2.45) is 17.8 Å². The molecular weight excluding hydrogens is 366 g/mol. The van der Waals surface area contributed by atoms with Crippen LogP contribution < -0.4 is 14.8 Å². The molecule has 3 fully saturated rings. The Morgan fingerprint density at radius 2 is 1.73 bits per heavy atom. The second-order valence-electron chi connectivity index (χ2n) is 7.76. The topological polar surface area (TPSA) is 47.6 Å². The minimum Gasteiger partial charge on any atom is -0.490 e. The first kappa shape index (κ1) is 17.1. The van der Waals surface area contributed by atoms with Crippen LogP contribution in [0, 0.1) is 17.8 Å². The van der Waals surface area contributed by atoms with Crippen molar-refractivity contribution in [2.75, 3.05) is 30.0 Å². The van der Waals surface area contributed by atoms with E-state index in [1.165, 1.54) is 24.3 Å². The van der Waals surface area contributed by atoms with E-state index in [1.54, 1.807) is 0 Å². The molecule has 6 heteroatoms. The van der Waals surface area contributed by atoms with Gasteiger partial charge in [0.15, 0.2) is 11.5 Å². The zero-order chi connectivity index (χ0) is 17.6. The van der Waals surface area contributed by atoms with Crippen LogP contribution in [-0.2, 0) is 4.79 Å². The van der Waals surface area contributed by atoms with Crippen LogP contribution in [0.25, 0.3) is 0 Å². The van der Waals surface area contributed by atoms with Crippen molar-refractivity contribution in [2.45, 2.75) is 36.2 Å². The van der Waals surface area contributed by atoms with Crippen LogP contribution in [-0.4, -0.2) is 34.7 Å². The van der Waals surface area contributed by atoms with Gasteiger partial charge in [0.2, 0.25) is 5.91 Å². The van der Waals surface area contributed by atoms with Crippen molar-refractivity contribution in [1.29, 1.82) is 0 Å². The molecule has 1 saturated heterocycles. The van der Waals surface area contributed by atoms with Gasteiger partial charge in [-0.1, -0.05) is 0 Å². The Balaban J connectivity index is 1.28. The van der Waals surface area contributed by atoms with Crippen LogP contribution in [0.1, 0.15) is 32.1 Å². The summed E-state index contributed by atoms with van der Waals surface area (Å²) in [5.74, 6) is 5.82. The Bertz CT molecular complexity index is 688. The summed E-state index contributed by atoms with van der Waals surface area (Å²) < 4.78 is 11.9. The lowest BCUT2D eigenvalue weighted by atomic mass is 9.79. The number of nitrogens with one attached hydrogen (secondary N) is 1. The summed E-state index contributed by atoms with van der Waals surface area (Å²) in [4.78, 5) is 12.9. The zero-order valence-electron chi connectivity index (χ0n) is 14.9. The van der Waals surface area contributed by atoms with Crippen molar-refractivity contribution >= 4 is 35.1 Å². The van der Waals surface area contributed by atoms with E-state index in [4.69, 9.17) is 9.47 Å². The average molecular weight is 392 g/mol. The standard InChI is InChI=1S/C20H25NO3S2/c22-19(21-16-4-5-17-18(12-16)24-7-1-6-23-17)13-10-14-2-3-15(11-13)20(14)25-8-9-26-20/h4-5,12-15H,1-3,6-11H2,(H,21,22). The number of amides is 1. The highest BCUT2D eigenvalue weighted by atomic mass is 32.2. The van der Waals surface area contributed by atoms with Crippen molar-refractivity contribution in [1.82, 2.24) is 0 Å². The molecule has 4 nitrogen and oxygen atoms in total. The fourth-order valence-corrected chi connectivity index (χ4v) is 9.04. The number of ether oxygens (including phenoxy) is 2. The van der Waals surface area contributed by atoms with Gasteiger partial charge in [0.1, 0.15) is 0 Å². The highest BCUT2D eigenvalue weighted by molar-refractivity contribution is 8.21. The fourth-order valence-electron chi connectivity index (χ4n) is 5.10. The fraction of sp³-hybridized carbons (Fsp3) is 0.650. The number of hydrogen-bond acceptors (Lipinski definition) is 5. The van der Waals surface area contributed by atoms with E-state index in [2.05, 4.69) is 28.8 Å². The van der Waals surface area contributed by atoms with Crippen molar-refractivity contribution in [3.05, 3.63) is 18.2 Å². The number of carbonyl (C=O) groups excluding carboxylic acids is 1. The number of thioether (sulfide) groups is 2. The third-order valence-corrected chi connectivity index (χ3v) is 10.3. The smallest absolute Gasteiger partial charge is 0.227 e. The molecule has 2 atom stereocenters. The molecule has 0 radical (unpaired) electrons. The van der Waals surface area contributed by atoms with E-state index in [0.717, 1.165) is 36.4 Å². The van der Waals surface area contributed by atoms with Crippen LogP contribution in [0.4, 0.5) is 5.69 Å². The lowest BCUT2D eigenvalue weighted by Gasteiger charge is -2.42. The molecule has 4 aliphatic rings. The molecule has 1 spiro atoms. The Morgan fingerprint density at radius 3 is 2.46 bits per heavy atom. The molecule has 1 amide bonds. The minimum absolute atomic E-state index is 0.149. The Morgan fingerprint density at radius 1 is 1.04 bits per heavy atom. The quantitative estimate of drug-likeness (QED) is 0.810. The molecule has 26 heavy (non-hydrogen) atoms. The molecule has 2 aliphatic heterocycles. The maximum atomic E-state index is 12.9. The molecule has 2 saturated carbocycles. The monoisotopic (exact) mass is 391 g/mol. The van der Waals surface area contributed by atoms with Gasteiger partial charge >= 0.3 is 0 Å². The first-order valence-corrected chi connectivity index (χ1v) is 11.7. The summed E-state index contributed by atoms with van der Waals surface area (Å²) in [7, 11) is 0. The van der Waals surface area contributed by atoms with E-state index in [9.17, 15) is 4.79 Å². The number of benzene rings is 1. The molecular formula is C20H25NO3S2. The van der Waals surface area contributed by atoms with Gasteiger partial charge in [-0.2, -0.15) is 0 Å². The van der Waals surface area contributed by atoms with Crippen LogP contribution in [0.2, 0.25) is 0 Å². The predicted octanol–water partition coefficient (Wildman–Crippen LogP) is 4.40. The van der Waals surface area contributed by atoms with Gasteiger partial charge < -0.3 is 14.8 Å². The largest absolute Gasteiger partial charge is 0.490 e. The van der Waals surface area contributed by atoms with Crippen LogP contribution >= 0.6 is 23.5 Å². The summed E-state index contributed by atoms with van der Waals surface area (Å²) in [5.41, 5.74) is 0.816. The van der Waals surface area contributed by atoms with Gasteiger partial charge in [-0.15, -0.1) is 23.5 Å². The summed E-state index contributed by atoms with van der Waals surface area (Å²) >= 11 is 4.36. The Kier molecular flexibility index (Phi) is 4.52. The Hall–Kier alpha value is -1.01. The first-order chi connectivity index (χ1) is 12.7. The Labute approximate surface area is 163 Å². The van der Waals surface area contributed by atoms with Crippen molar-refractivity contribution in [3.63, 3.8) is 0 Å². The molecule has 5 rings (SSSR count). The maximum absolute atomic E-state index is 12.9. The third kappa shape index (κ3) is 2.89. The highest BCUT2D eigenvalue weighted by Crippen LogP contribution is 2.65. The maximum Gasteiger partial charge on any atom is 0.227 e. The second-order valence-corrected chi connectivity index (χ2v) is 10.8. The van der Waals surface area contributed by atoms with Gasteiger partial charge in [0.05, 0.1) is 17.3 Å². The van der Waals surface area contributed by atoms with E-state index in [0.29, 0.717) is 29.1 Å². The summed E-state index contributed by atoms with van der Waals surface area (Å²) in [6.07, 6.45) is 5.59. The highest BCUT2D eigenvalue weighted by Gasteiger charge is 2.57. The average Bonchev–Trinajstić information content (AvgIpc) is 3.07. The number of hydrogen-bond donors (Lipinski definition) is 1.